The molecule has 0 spiro atoms. The van der Waals surface area contributed by atoms with Gasteiger partial charge in [0.15, 0.2) is 14.5 Å². The molecule has 0 saturated heterocycles. The maximum absolute atomic E-state index is 3.70. The van der Waals surface area contributed by atoms with Gasteiger partial charge in [-0.2, -0.15) is 0 Å². The molecule has 0 aromatic heterocycles. The largest absolute Gasteiger partial charge is 1.00 e. The van der Waals surface area contributed by atoms with E-state index in [1.165, 1.54) is 31.8 Å². The molecule has 6 aromatic rings. The molecule has 0 radical (unpaired) electrons. The van der Waals surface area contributed by atoms with Crippen LogP contribution in [0.1, 0.15) is 0 Å². The molecular formula is C42H30Au2P2+4. The first-order chi connectivity index (χ1) is 21.8. The minimum absolute atomic E-state index is 0. The molecule has 0 N–H and O–H groups in total. The summed E-state index contributed by atoms with van der Waals surface area (Å²) in [7, 11) is -4.57. The van der Waals surface area contributed by atoms with Crippen LogP contribution in [-0.2, 0) is 44.8 Å². The van der Waals surface area contributed by atoms with Crippen LogP contribution in [0.5, 0.6) is 0 Å². The number of rotatable bonds is 6. The molecular weight excluding hydrogens is 960 g/mol. The summed E-state index contributed by atoms with van der Waals surface area (Å²) in [6.45, 7) is 0. The van der Waals surface area contributed by atoms with Gasteiger partial charge in [-0.25, -0.2) is 0 Å². The summed E-state index contributed by atoms with van der Waals surface area (Å²) < 4.78 is 0. The van der Waals surface area contributed by atoms with Gasteiger partial charge in [0, 0.05) is 23.7 Å². The predicted octanol–water partition coefficient (Wildman–Crippen LogP) is 6.89. The van der Waals surface area contributed by atoms with Gasteiger partial charge in [-0.1, -0.05) is 109 Å². The third kappa shape index (κ3) is 7.48. The van der Waals surface area contributed by atoms with Crippen LogP contribution in [0, 0.1) is 35.0 Å². The van der Waals surface area contributed by atoms with Crippen molar-refractivity contribution in [3.05, 3.63) is 182 Å². The first-order valence-corrected chi connectivity index (χ1v) is 18.1. The van der Waals surface area contributed by atoms with E-state index in [-0.39, 0.29) is 44.8 Å². The molecule has 4 heteroatoms. The molecule has 0 atom stereocenters. The van der Waals surface area contributed by atoms with Crippen LogP contribution in [0.2, 0.25) is 0 Å². The van der Waals surface area contributed by atoms with E-state index in [4.69, 9.17) is 0 Å². The van der Waals surface area contributed by atoms with Crippen LogP contribution in [0.25, 0.3) is 0 Å². The van der Waals surface area contributed by atoms with E-state index in [1.807, 2.05) is 0 Å². The van der Waals surface area contributed by atoms with Crippen molar-refractivity contribution < 1.29 is 44.8 Å². The molecule has 46 heavy (non-hydrogen) atoms. The number of hydrogen-bond acceptors (Lipinski definition) is 0. The van der Waals surface area contributed by atoms with Gasteiger partial charge in [-0.15, -0.1) is 0 Å². The Morgan fingerprint density at radius 1 is 0.239 bits per heavy atom. The Hall–Kier alpha value is -3.66. The Kier molecular flexibility index (Phi) is 13.2. The van der Waals surface area contributed by atoms with Crippen molar-refractivity contribution in [1.29, 1.82) is 0 Å². The van der Waals surface area contributed by atoms with Gasteiger partial charge >= 0.3 is 44.8 Å². The molecule has 0 amide bonds. The summed E-state index contributed by atoms with van der Waals surface area (Å²) in [5, 5.41) is 7.25. The van der Waals surface area contributed by atoms with Crippen LogP contribution >= 0.6 is 14.5 Å². The van der Waals surface area contributed by atoms with Crippen molar-refractivity contribution in [3.63, 3.8) is 0 Å². The maximum Gasteiger partial charge on any atom is 1.00 e. The third-order valence-electron chi connectivity index (χ3n) is 7.50. The summed E-state index contributed by atoms with van der Waals surface area (Å²) >= 11 is 0. The van der Waals surface area contributed by atoms with E-state index in [1.54, 1.807) is 0 Å². The summed E-state index contributed by atoms with van der Waals surface area (Å²) in [5.74, 6) is 12.8. The quantitative estimate of drug-likeness (QED) is 0.0970. The van der Waals surface area contributed by atoms with Crippen LogP contribution in [-0.4, -0.2) is 0 Å². The van der Waals surface area contributed by atoms with Gasteiger partial charge in [-0.3, -0.25) is 0 Å². The Morgan fingerprint density at radius 3 is 0.587 bits per heavy atom. The molecule has 0 fully saturated rings. The molecule has 0 aliphatic rings. The van der Waals surface area contributed by atoms with Crippen molar-refractivity contribution in [2.75, 3.05) is 0 Å². The molecule has 0 unspecified atom stereocenters. The van der Waals surface area contributed by atoms with Gasteiger partial charge in [0.2, 0.25) is 0 Å². The smallest absolute Gasteiger partial charge is 0.0620 e. The Morgan fingerprint density at radius 2 is 0.413 bits per heavy atom. The Labute approximate surface area is 305 Å². The van der Waals surface area contributed by atoms with E-state index in [0.29, 0.717) is 0 Å². The molecule has 0 heterocycles. The first kappa shape index (κ1) is 35.2. The second-order valence-electron chi connectivity index (χ2n) is 10.1. The van der Waals surface area contributed by atoms with Crippen LogP contribution < -0.4 is 31.8 Å². The van der Waals surface area contributed by atoms with Crippen LogP contribution in [0.4, 0.5) is 0 Å². The molecule has 0 aliphatic carbocycles. The zero-order valence-electron chi connectivity index (χ0n) is 24.8. The average Bonchev–Trinajstić information content (AvgIpc) is 3.12. The molecule has 0 bridgehead atoms. The molecule has 0 aliphatic heterocycles. The zero-order chi connectivity index (χ0) is 29.9. The van der Waals surface area contributed by atoms with Gasteiger partial charge < -0.3 is 0 Å². The Balaban J connectivity index is 0.00000240. The molecule has 0 saturated carbocycles. The topological polar surface area (TPSA) is 0 Å². The van der Waals surface area contributed by atoms with E-state index in [0.717, 1.165) is 0 Å². The molecule has 226 valence electrons. The normalized spacial score (nSPS) is 10.2. The average molecular weight is 991 g/mol. The van der Waals surface area contributed by atoms with E-state index < -0.39 is 14.5 Å². The standard InChI is InChI=1S/C42H30P2.2Au/c1(21-35-43(37-23-9-3-10-24-37,38-25-11-4-12-26-38)39-27-13-5-14-28-39)2-22-36-44(40-29-15-6-16-30-40,41-31-17-7-18-32-41)42-33-19-8-20-34-42;;/h3-20,23-34H;;/q+2;2*+1. The summed E-state index contributed by atoms with van der Waals surface area (Å²) in [6.07, 6.45) is 0. The molecule has 6 rings (SSSR count). The Bertz CT molecular complexity index is 1660. The van der Waals surface area contributed by atoms with Crippen molar-refractivity contribution in [2.45, 2.75) is 0 Å². The second kappa shape index (κ2) is 17.3. The zero-order valence-corrected chi connectivity index (χ0v) is 30.9. The monoisotopic (exact) mass is 990 g/mol. The fraction of sp³-hybridized carbons (Fsp3) is 0. The van der Waals surface area contributed by atoms with Crippen molar-refractivity contribution >= 4 is 46.4 Å². The van der Waals surface area contributed by atoms with Gasteiger partial charge in [0.05, 0.1) is 0 Å². The first-order valence-electron chi connectivity index (χ1n) is 14.5. The molecule has 6 aromatic carbocycles. The SMILES string of the molecule is C(#CC#C[P+](c1ccccc1)(c1ccccc1)c1ccccc1)C#C[P+](c1ccccc1)(c1ccccc1)c1ccccc1.[Au+].[Au+]. The summed E-state index contributed by atoms with van der Waals surface area (Å²) in [4.78, 5) is 0. The fourth-order valence-electron chi connectivity index (χ4n) is 5.48. The van der Waals surface area contributed by atoms with Crippen molar-refractivity contribution in [1.82, 2.24) is 0 Å². The molecule has 0 nitrogen and oxygen atoms in total. The minimum Gasteiger partial charge on any atom is -0.0620 e. The third-order valence-corrected chi connectivity index (χ3v) is 14.8. The van der Waals surface area contributed by atoms with Crippen molar-refractivity contribution in [3.8, 4) is 35.0 Å². The van der Waals surface area contributed by atoms with Crippen molar-refractivity contribution in [2.24, 2.45) is 0 Å². The second-order valence-corrected chi connectivity index (χ2v) is 16.3. The predicted molar refractivity (Wildman–Crippen MR) is 194 cm³/mol. The van der Waals surface area contributed by atoms with E-state index >= 15 is 0 Å². The van der Waals surface area contributed by atoms with Crippen LogP contribution in [0.15, 0.2) is 182 Å². The summed E-state index contributed by atoms with van der Waals surface area (Å²) in [6, 6.07) is 63.7. The van der Waals surface area contributed by atoms with Gasteiger partial charge in [-0.05, 0) is 72.8 Å². The number of hydrogen-bond donors (Lipinski definition) is 0. The fourth-order valence-corrected chi connectivity index (χ4v) is 12.2. The van der Waals surface area contributed by atoms with Gasteiger partial charge in [0.25, 0.3) is 0 Å². The maximum atomic E-state index is 3.70. The van der Waals surface area contributed by atoms with E-state index in [9.17, 15) is 0 Å². The van der Waals surface area contributed by atoms with Gasteiger partial charge in [0.1, 0.15) is 43.2 Å². The number of benzene rings is 6. The summed E-state index contributed by atoms with van der Waals surface area (Å²) in [5.41, 5.74) is 7.41. The minimum atomic E-state index is -2.28. The van der Waals surface area contributed by atoms with Crippen LogP contribution in [0.3, 0.4) is 0 Å². The van der Waals surface area contributed by atoms with E-state index in [2.05, 4.69) is 217 Å².